The molecule has 0 spiro atoms. The summed E-state index contributed by atoms with van der Waals surface area (Å²) in [5, 5.41) is 6.13. The second-order valence-corrected chi connectivity index (χ2v) is 9.28. The van der Waals surface area contributed by atoms with E-state index in [4.69, 9.17) is 4.98 Å². The van der Waals surface area contributed by atoms with Crippen LogP contribution < -0.4 is 0 Å². The summed E-state index contributed by atoms with van der Waals surface area (Å²) in [7, 11) is 0. The molecule has 0 aliphatic carbocycles. The van der Waals surface area contributed by atoms with Gasteiger partial charge in [-0.2, -0.15) is 0 Å². The number of hydrogen-bond donors (Lipinski definition) is 0. The summed E-state index contributed by atoms with van der Waals surface area (Å²) < 4.78 is 4.77. The normalized spacial score (nSPS) is 11.9. The number of rotatable bonds is 2. The minimum atomic E-state index is 1.03. The van der Waals surface area contributed by atoms with Gasteiger partial charge in [0.25, 0.3) is 0 Å². The van der Waals surface area contributed by atoms with E-state index in [1.807, 2.05) is 12.3 Å². The fourth-order valence-electron chi connectivity index (χ4n) is 5.81. The van der Waals surface area contributed by atoms with Crippen LogP contribution in [0, 0.1) is 0 Å². The maximum absolute atomic E-state index is 4.84. The Morgan fingerprint density at radius 3 is 2.17 bits per heavy atom. The summed E-state index contributed by atoms with van der Waals surface area (Å²) in [4.78, 5) is 4.84. The van der Waals surface area contributed by atoms with Gasteiger partial charge in [0.05, 0.1) is 27.6 Å². The third-order valence-electron chi connectivity index (χ3n) is 7.32. The van der Waals surface area contributed by atoms with E-state index >= 15 is 0 Å². The summed E-state index contributed by atoms with van der Waals surface area (Å²) in [5.41, 5.74) is 8.04. The molecule has 0 aliphatic rings. The lowest BCUT2D eigenvalue weighted by molar-refractivity contribution is 1.17. The molecule has 0 bridgehead atoms. The molecule has 168 valence electrons. The molecule has 0 fully saturated rings. The highest BCUT2D eigenvalue weighted by Crippen LogP contribution is 2.41. The first kappa shape index (κ1) is 19.4. The fraction of sp³-hybridized carbons (Fsp3) is 0. The second kappa shape index (κ2) is 7.30. The molecule has 0 unspecified atom stereocenters. The Hall–Kier alpha value is -4.89. The first-order chi connectivity index (χ1) is 17.9. The van der Waals surface area contributed by atoms with Crippen LogP contribution in [0.4, 0.5) is 0 Å². The number of pyridine rings is 1. The zero-order chi connectivity index (χ0) is 23.6. The Morgan fingerprint density at radius 2 is 1.25 bits per heavy atom. The molecule has 5 aromatic carbocycles. The van der Waals surface area contributed by atoms with Gasteiger partial charge >= 0.3 is 0 Å². The Bertz CT molecular complexity index is 2100. The lowest BCUT2D eigenvalue weighted by Gasteiger charge is -2.11. The van der Waals surface area contributed by atoms with Crippen LogP contribution in [0.5, 0.6) is 0 Å². The molecule has 0 N–H and O–H groups in total. The first-order valence-electron chi connectivity index (χ1n) is 12.2. The first-order valence-corrected chi connectivity index (χ1v) is 12.2. The molecule has 3 heterocycles. The summed E-state index contributed by atoms with van der Waals surface area (Å²) in [6.07, 6.45) is 1.89. The average Bonchev–Trinajstić information content (AvgIpc) is 3.46. The van der Waals surface area contributed by atoms with E-state index in [1.165, 1.54) is 43.5 Å². The third-order valence-corrected chi connectivity index (χ3v) is 7.32. The van der Waals surface area contributed by atoms with Crippen molar-refractivity contribution in [1.29, 1.82) is 0 Å². The molecule has 3 nitrogen and oxygen atoms in total. The van der Waals surface area contributed by atoms with Gasteiger partial charge in [-0.25, -0.2) is 0 Å². The van der Waals surface area contributed by atoms with E-state index in [2.05, 4.69) is 124 Å². The molecule has 8 rings (SSSR count). The second-order valence-electron chi connectivity index (χ2n) is 9.28. The minimum Gasteiger partial charge on any atom is -0.309 e. The number of aromatic nitrogens is 3. The Morgan fingerprint density at radius 1 is 0.472 bits per heavy atom. The minimum absolute atomic E-state index is 1.03. The van der Waals surface area contributed by atoms with Crippen LogP contribution in [-0.2, 0) is 0 Å². The molecule has 0 aliphatic heterocycles. The van der Waals surface area contributed by atoms with E-state index in [0.29, 0.717) is 0 Å². The molecule has 0 atom stereocenters. The molecule has 36 heavy (non-hydrogen) atoms. The van der Waals surface area contributed by atoms with Crippen molar-refractivity contribution < 1.29 is 0 Å². The van der Waals surface area contributed by atoms with E-state index < -0.39 is 0 Å². The van der Waals surface area contributed by atoms with Gasteiger partial charge in [0.1, 0.15) is 0 Å². The molecule has 8 aromatic rings. The molecule has 0 amide bonds. The standard InChI is InChI=1S/C33H21N3/c1-2-11-24(12-3-1)35-28-14-7-6-13-26(28)31-29(35)19-18-27-32-30(15-8-20-34-32)36(33(27)31)25-17-16-22-9-4-5-10-23(22)21-25/h1-21H. The monoisotopic (exact) mass is 459 g/mol. The van der Waals surface area contributed by atoms with E-state index in [9.17, 15) is 0 Å². The predicted octanol–water partition coefficient (Wildman–Crippen LogP) is 8.43. The molecule has 0 radical (unpaired) electrons. The maximum atomic E-state index is 4.84. The lowest BCUT2D eigenvalue weighted by atomic mass is 10.1. The van der Waals surface area contributed by atoms with E-state index in [-0.39, 0.29) is 0 Å². The topological polar surface area (TPSA) is 22.8 Å². The van der Waals surface area contributed by atoms with Crippen molar-refractivity contribution >= 4 is 54.5 Å². The van der Waals surface area contributed by atoms with Gasteiger partial charge in [-0.3, -0.25) is 4.98 Å². The van der Waals surface area contributed by atoms with Crippen molar-refractivity contribution in [1.82, 2.24) is 14.1 Å². The van der Waals surface area contributed by atoms with Gasteiger partial charge < -0.3 is 9.13 Å². The zero-order valence-electron chi connectivity index (χ0n) is 19.5. The van der Waals surface area contributed by atoms with Crippen molar-refractivity contribution in [2.45, 2.75) is 0 Å². The molecular formula is C33H21N3. The van der Waals surface area contributed by atoms with Crippen molar-refractivity contribution in [2.24, 2.45) is 0 Å². The Kier molecular flexibility index (Phi) is 3.94. The molecule has 3 aromatic heterocycles. The Labute approximate surface area is 207 Å². The van der Waals surface area contributed by atoms with Crippen molar-refractivity contribution in [2.75, 3.05) is 0 Å². The van der Waals surface area contributed by atoms with Gasteiger partial charge in [-0.05, 0) is 65.4 Å². The van der Waals surface area contributed by atoms with E-state index in [0.717, 1.165) is 22.4 Å². The van der Waals surface area contributed by atoms with Gasteiger partial charge in [-0.1, -0.05) is 66.7 Å². The number of benzene rings is 5. The van der Waals surface area contributed by atoms with Crippen molar-refractivity contribution in [3.8, 4) is 11.4 Å². The summed E-state index contributed by atoms with van der Waals surface area (Å²) in [5.74, 6) is 0. The number of para-hydroxylation sites is 2. The van der Waals surface area contributed by atoms with Crippen LogP contribution in [0.1, 0.15) is 0 Å². The molecule has 0 saturated carbocycles. The van der Waals surface area contributed by atoms with Crippen molar-refractivity contribution in [3.63, 3.8) is 0 Å². The Balaban J connectivity index is 1.61. The van der Waals surface area contributed by atoms with Crippen LogP contribution in [-0.4, -0.2) is 14.1 Å². The summed E-state index contributed by atoms with van der Waals surface area (Å²) >= 11 is 0. The smallest absolute Gasteiger partial charge is 0.0963 e. The molecule has 0 saturated heterocycles. The van der Waals surface area contributed by atoms with Gasteiger partial charge in [0.15, 0.2) is 0 Å². The van der Waals surface area contributed by atoms with Crippen LogP contribution in [0.15, 0.2) is 128 Å². The SMILES string of the molecule is c1ccc(-n2c3ccccc3c3c2ccc2c4ncccc4n(-c4ccc5ccccc5c4)c23)cc1. The summed E-state index contributed by atoms with van der Waals surface area (Å²) in [6, 6.07) is 43.3. The highest BCUT2D eigenvalue weighted by atomic mass is 15.0. The van der Waals surface area contributed by atoms with Crippen LogP contribution in [0.2, 0.25) is 0 Å². The van der Waals surface area contributed by atoms with E-state index in [1.54, 1.807) is 0 Å². The quantitative estimate of drug-likeness (QED) is 0.254. The number of hydrogen-bond acceptors (Lipinski definition) is 1. The van der Waals surface area contributed by atoms with Gasteiger partial charge in [0, 0.05) is 33.7 Å². The van der Waals surface area contributed by atoms with Crippen LogP contribution in [0.25, 0.3) is 65.9 Å². The third kappa shape index (κ3) is 2.60. The highest BCUT2D eigenvalue weighted by molar-refractivity contribution is 6.25. The average molecular weight is 460 g/mol. The van der Waals surface area contributed by atoms with Gasteiger partial charge in [0.2, 0.25) is 0 Å². The lowest BCUT2D eigenvalue weighted by Crippen LogP contribution is -1.95. The summed E-state index contributed by atoms with van der Waals surface area (Å²) in [6.45, 7) is 0. The number of fused-ring (bicyclic) bond motifs is 8. The number of nitrogens with zero attached hydrogens (tertiary/aromatic N) is 3. The van der Waals surface area contributed by atoms with Gasteiger partial charge in [-0.15, -0.1) is 0 Å². The fourth-order valence-corrected chi connectivity index (χ4v) is 5.81. The molecule has 3 heteroatoms. The van der Waals surface area contributed by atoms with Crippen molar-refractivity contribution in [3.05, 3.63) is 128 Å². The predicted molar refractivity (Wildman–Crippen MR) is 150 cm³/mol. The zero-order valence-corrected chi connectivity index (χ0v) is 19.5. The highest BCUT2D eigenvalue weighted by Gasteiger charge is 2.21. The maximum Gasteiger partial charge on any atom is 0.0963 e. The largest absolute Gasteiger partial charge is 0.309 e. The molecular weight excluding hydrogens is 438 g/mol. The van der Waals surface area contributed by atoms with Crippen LogP contribution >= 0.6 is 0 Å². The van der Waals surface area contributed by atoms with Crippen LogP contribution in [0.3, 0.4) is 0 Å².